The molecule has 1 aromatic carbocycles. The molecule has 2 aromatic rings. The van der Waals surface area contributed by atoms with E-state index in [2.05, 4.69) is 14.8 Å². The minimum atomic E-state index is -4.13. The Morgan fingerprint density at radius 3 is 2.67 bits per heavy atom. The third-order valence-electron chi connectivity index (χ3n) is 4.95. The first-order valence-corrected chi connectivity index (χ1v) is 11.7. The van der Waals surface area contributed by atoms with E-state index in [1.165, 1.54) is 43.0 Å². The lowest BCUT2D eigenvalue weighted by molar-refractivity contribution is -0.142. The highest BCUT2D eigenvalue weighted by molar-refractivity contribution is 7.52. The van der Waals surface area contributed by atoms with Gasteiger partial charge >= 0.3 is 19.4 Å². The Kier molecular flexibility index (Phi) is 7.85. The summed E-state index contributed by atoms with van der Waals surface area (Å²) in [6, 6.07) is 4.96. The van der Waals surface area contributed by atoms with Crippen LogP contribution in [0, 0.1) is 11.7 Å². The van der Waals surface area contributed by atoms with Crippen molar-refractivity contribution in [2.24, 2.45) is 5.92 Å². The zero-order chi connectivity index (χ0) is 24.2. The van der Waals surface area contributed by atoms with Crippen molar-refractivity contribution >= 4 is 13.7 Å². The van der Waals surface area contributed by atoms with Crippen molar-refractivity contribution in [2.45, 2.75) is 38.6 Å². The van der Waals surface area contributed by atoms with Crippen LogP contribution in [-0.4, -0.2) is 41.4 Å². The third-order valence-corrected chi connectivity index (χ3v) is 6.60. The number of halogens is 1. The summed E-state index contributed by atoms with van der Waals surface area (Å²) in [5, 5.41) is 2.49. The molecule has 0 saturated carbocycles. The van der Waals surface area contributed by atoms with Gasteiger partial charge in [0.05, 0.1) is 19.8 Å². The van der Waals surface area contributed by atoms with Gasteiger partial charge in [-0.3, -0.25) is 23.7 Å². The van der Waals surface area contributed by atoms with E-state index in [0.29, 0.717) is 6.42 Å². The van der Waals surface area contributed by atoms with Crippen molar-refractivity contribution in [3.63, 3.8) is 0 Å². The predicted octanol–water partition coefficient (Wildman–Crippen LogP) is 1.95. The van der Waals surface area contributed by atoms with Crippen LogP contribution in [0.1, 0.15) is 26.5 Å². The zero-order valence-corrected chi connectivity index (χ0v) is 19.1. The highest BCUT2D eigenvalue weighted by Crippen LogP contribution is 2.46. The summed E-state index contributed by atoms with van der Waals surface area (Å²) >= 11 is 0. The first-order valence-electron chi connectivity index (χ1n) is 10.1. The van der Waals surface area contributed by atoms with Crippen molar-refractivity contribution in [3.05, 3.63) is 63.2 Å². The van der Waals surface area contributed by atoms with E-state index in [1.807, 2.05) is 6.92 Å². The maximum Gasteiger partial charge on any atom is 0.459 e. The van der Waals surface area contributed by atoms with Gasteiger partial charge in [-0.05, 0) is 37.6 Å². The summed E-state index contributed by atoms with van der Waals surface area (Å²) in [7, 11) is -2.95. The quantitative estimate of drug-likeness (QED) is 0.403. The molecule has 2 N–H and O–H groups in total. The summed E-state index contributed by atoms with van der Waals surface area (Å²) in [4.78, 5) is 37.4. The van der Waals surface area contributed by atoms with Crippen molar-refractivity contribution < 1.29 is 32.3 Å². The highest BCUT2D eigenvalue weighted by Gasteiger charge is 2.38. The van der Waals surface area contributed by atoms with Crippen LogP contribution in [0.2, 0.25) is 0 Å². The van der Waals surface area contributed by atoms with Gasteiger partial charge in [0.2, 0.25) is 0 Å². The molecule has 1 unspecified atom stereocenters. The summed E-state index contributed by atoms with van der Waals surface area (Å²) < 4.78 is 49.4. The van der Waals surface area contributed by atoms with Gasteiger partial charge in [-0.2, -0.15) is 5.09 Å². The average molecular weight is 485 g/mol. The molecular weight excluding hydrogens is 460 g/mol. The molecule has 11 nitrogen and oxygen atoms in total. The molecule has 180 valence electrons. The van der Waals surface area contributed by atoms with Gasteiger partial charge in [0, 0.05) is 18.2 Å². The molecular formula is C20H25FN3O8P. The smallest absolute Gasteiger partial charge is 0.459 e. The fraction of sp³-hybridized carbons (Fsp3) is 0.450. The number of methoxy groups -OCH3 is 1. The van der Waals surface area contributed by atoms with E-state index < -0.39 is 49.2 Å². The molecule has 0 aliphatic carbocycles. The van der Waals surface area contributed by atoms with E-state index >= 15 is 0 Å². The molecule has 1 aliphatic heterocycles. The molecule has 0 spiro atoms. The molecule has 13 heteroatoms. The van der Waals surface area contributed by atoms with E-state index in [-0.39, 0.29) is 18.3 Å². The summed E-state index contributed by atoms with van der Waals surface area (Å²) in [6.07, 6.45) is 0.569. The predicted molar refractivity (Wildman–Crippen MR) is 114 cm³/mol. The standard InChI is InChI=1S/C20H25FN3O8P/c1-12-10-16(31-18(12)24-9-8-17(25)22-20(24)27)11-30-33(28,23-13(2)19(26)29-3)32-15-6-4-14(21)5-7-15/h4-9,12-13,16,18H,10-11H2,1-3H3,(H,23,28)(H,22,25,27)/t12-,13-,16-,18+,33?/m0/s1. The molecule has 1 aromatic heterocycles. The Hall–Kier alpha value is -2.79. The molecule has 1 aliphatic rings. The monoisotopic (exact) mass is 485 g/mol. The van der Waals surface area contributed by atoms with Crippen LogP contribution in [0.4, 0.5) is 4.39 Å². The van der Waals surface area contributed by atoms with Gasteiger partial charge < -0.3 is 14.0 Å². The zero-order valence-electron chi connectivity index (χ0n) is 18.2. The second-order valence-corrected chi connectivity index (χ2v) is 9.29. The first-order chi connectivity index (χ1) is 15.6. The topological polar surface area (TPSA) is 138 Å². The van der Waals surface area contributed by atoms with Crippen molar-refractivity contribution in [1.29, 1.82) is 0 Å². The number of hydrogen-bond donors (Lipinski definition) is 2. The Morgan fingerprint density at radius 1 is 1.33 bits per heavy atom. The summed E-state index contributed by atoms with van der Waals surface area (Å²) in [6.45, 7) is 3.08. The summed E-state index contributed by atoms with van der Waals surface area (Å²) in [5.74, 6) is -1.26. The van der Waals surface area contributed by atoms with E-state index in [1.54, 1.807) is 0 Å². The van der Waals surface area contributed by atoms with Gasteiger partial charge in [0.15, 0.2) is 0 Å². The van der Waals surface area contributed by atoms with Crippen LogP contribution in [0.25, 0.3) is 0 Å². The lowest BCUT2D eigenvalue weighted by Gasteiger charge is -2.24. The van der Waals surface area contributed by atoms with Gasteiger partial charge in [-0.25, -0.2) is 13.8 Å². The molecule has 0 radical (unpaired) electrons. The maximum atomic E-state index is 13.4. The van der Waals surface area contributed by atoms with E-state index in [9.17, 15) is 23.3 Å². The molecule has 2 heterocycles. The van der Waals surface area contributed by atoms with Crippen molar-refractivity contribution in [1.82, 2.24) is 14.6 Å². The van der Waals surface area contributed by atoms with Crippen molar-refractivity contribution in [2.75, 3.05) is 13.7 Å². The van der Waals surface area contributed by atoms with E-state index in [0.717, 1.165) is 12.1 Å². The lowest BCUT2D eigenvalue weighted by Crippen LogP contribution is -2.35. The lowest BCUT2D eigenvalue weighted by atomic mass is 10.1. The fourth-order valence-corrected chi connectivity index (χ4v) is 4.89. The molecule has 0 amide bonds. The fourth-order valence-electron chi connectivity index (χ4n) is 3.36. The van der Waals surface area contributed by atoms with Gasteiger partial charge in [0.25, 0.3) is 5.56 Å². The Balaban J connectivity index is 1.72. The van der Waals surface area contributed by atoms with Crippen LogP contribution in [-0.2, 0) is 23.4 Å². The number of nitrogens with one attached hydrogen (secondary N) is 2. The van der Waals surface area contributed by atoms with Crippen LogP contribution >= 0.6 is 7.75 Å². The molecule has 5 atom stereocenters. The third kappa shape index (κ3) is 6.38. The number of nitrogens with zero attached hydrogens (tertiary/aromatic N) is 1. The van der Waals surface area contributed by atoms with Crippen molar-refractivity contribution in [3.8, 4) is 5.75 Å². The molecule has 0 bridgehead atoms. The first kappa shape index (κ1) is 24.8. The van der Waals surface area contributed by atoms with Gasteiger partial charge in [-0.1, -0.05) is 6.92 Å². The number of carbonyl (C=O) groups is 1. The van der Waals surface area contributed by atoms with E-state index in [4.69, 9.17) is 13.8 Å². The summed E-state index contributed by atoms with van der Waals surface area (Å²) in [5.41, 5.74) is -1.13. The second-order valence-electron chi connectivity index (χ2n) is 7.59. The number of aromatic amines is 1. The minimum Gasteiger partial charge on any atom is -0.468 e. The number of benzene rings is 1. The van der Waals surface area contributed by atoms with Crippen LogP contribution in [0.3, 0.4) is 0 Å². The Labute approximate surface area is 188 Å². The maximum absolute atomic E-state index is 13.4. The minimum absolute atomic E-state index is 0.0580. The largest absolute Gasteiger partial charge is 0.468 e. The molecule has 1 saturated heterocycles. The second kappa shape index (κ2) is 10.4. The van der Waals surface area contributed by atoms with Crippen LogP contribution < -0.4 is 20.9 Å². The number of esters is 1. The number of ether oxygens (including phenoxy) is 2. The van der Waals surface area contributed by atoms with Gasteiger partial charge in [-0.15, -0.1) is 0 Å². The molecule has 3 rings (SSSR count). The number of H-pyrrole nitrogens is 1. The Morgan fingerprint density at radius 2 is 2.03 bits per heavy atom. The molecule has 33 heavy (non-hydrogen) atoms. The normalized spacial score (nSPS) is 23.0. The number of hydrogen-bond acceptors (Lipinski definition) is 8. The van der Waals surface area contributed by atoms with Crippen LogP contribution in [0.15, 0.2) is 46.1 Å². The highest BCUT2D eigenvalue weighted by atomic mass is 31.2. The molecule has 1 fully saturated rings. The SMILES string of the molecule is COC(=O)[C@H](C)NP(=O)(OC[C@@H]1C[C@H](C)[C@H](n2ccc(=O)[nH]c2=O)O1)Oc1ccc(F)cc1. The van der Waals surface area contributed by atoms with Crippen LogP contribution in [0.5, 0.6) is 5.75 Å². The number of carbonyl (C=O) groups excluding carboxylic acids is 1. The Bertz CT molecular complexity index is 1140. The number of aromatic nitrogens is 2. The average Bonchev–Trinajstić information content (AvgIpc) is 3.13. The number of rotatable bonds is 9. The van der Waals surface area contributed by atoms with Gasteiger partial charge in [0.1, 0.15) is 23.8 Å².